The molecule has 3 unspecified atom stereocenters. The molecule has 3 atom stereocenters. The summed E-state index contributed by atoms with van der Waals surface area (Å²) < 4.78 is 0. The van der Waals surface area contributed by atoms with E-state index in [1.807, 2.05) is 6.08 Å². The number of aldehydes is 1. The molecule has 0 spiro atoms. The summed E-state index contributed by atoms with van der Waals surface area (Å²) in [5.74, 6) is 1.46. The fourth-order valence-corrected chi connectivity index (χ4v) is 2.37. The van der Waals surface area contributed by atoms with Crippen LogP contribution in [0.15, 0.2) is 12.7 Å². The Morgan fingerprint density at radius 2 is 2.15 bits per heavy atom. The standard InChI is InChI=1S/C12H20O/c1-4-6-12(9-13)7-5-10(2)11(3)8-12/h4,9-11H,1,5-8H2,2-3H3. The number of rotatable bonds is 3. The molecule has 1 saturated carbocycles. The predicted octanol–water partition coefficient (Wildman–Crippen LogP) is 3.20. The summed E-state index contributed by atoms with van der Waals surface area (Å²) in [4.78, 5) is 11.1. The summed E-state index contributed by atoms with van der Waals surface area (Å²) in [7, 11) is 0. The van der Waals surface area contributed by atoms with Crippen LogP contribution in [0.2, 0.25) is 0 Å². The molecule has 0 aliphatic heterocycles. The van der Waals surface area contributed by atoms with Gasteiger partial charge in [0.1, 0.15) is 6.29 Å². The maximum atomic E-state index is 11.1. The zero-order valence-electron chi connectivity index (χ0n) is 8.75. The summed E-state index contributed by atoms with van der Waals surface area (Å²) >= 11 is 0. The Kier molecular flexibility index (Phi) is 3.29. The van der Waals surface area contributed by atoms with Crippen LogP contribution in [0.1, 0.15) is 39.5 Å². The highest BCUT2D eigenvalue weighted by molar-refractivity contribution is 5.60. The van der Waals surface area contributed by atoms with Gasteiger partial charge in [0.15, 0.2) is 0 Å². The van der Waals surface area contributed by atoms with E-state index in [1.165, 1.54) is 6.42 Å². The Bertz CT molecular complexity index is 197. The molecular weight excluding hydrogens is 160 g/mol. The Morgan fingerprint density at radius 3 is 2.62 bits per heavy atom. The van der Waals surface area contributed by atoms with Crippen molar-refractivity contribution in [1.82, 2.24) is 0 Å². The second kappa shape index (κ2) is 4.08. The van der Waals surface area contributed by atoms with Crippen molar-refractivity contribution in [2.45, 2.75) is 39.5 Å². The van der Waals surface area contributed by atoms with Crippen LogP contribution in [0.3, 0.4) is 0 Å². The summed E-state index contributed by atoms with van der Waals surface area (Å²) in [5.41, 5.74) is -0.0757. The molecule has 1 fully saturated rings. The minimum Gasteiger partial charge on any atom is -0.303 e. The SMILES string of the molecule is C=CCC1(C=O)CCC(C)C(C)C1. The van der Waals surface area contributed by atoms with Crippen molar-refractivity contribution in [3.63, 3.8) is 0 Å². The van der Waals surface area contributed by atoms with Crippen LogP contribution in [0, 0.1) is 17.3 Å². The molecule has 74 valence electrons. The van der Waals surface area contributed by atoms with Gasteiger partial charge >= 0.3 is 0 Å². The largest absolute Gasteiger partial charge is 0.303 e. The van der Waals surface area contributed by atoms with Gasteiger partial charge in [-0.3, -0.25) is 0 Å². The quantitative estimate of drug-likeness (QED) is 0.481. The molecule has 1 aliphatic rings. The number of hydrogen-bond acceptors (Lipinski definition) is 1. The van der Waals surface area contributed by atoms with Crippen molar-refractivity contribution in [2.75, 3.05) is 0 Å². The van der Waals surface area contributed by atoms with Gasteiger partial charge in [-0.15, -0.1) is 6.58 Å². The maximum absolute atomic E-state index is 11.1. The molecule has 0 amide bonds. The van der Waals surface area contributed by atoms with Gasteiger partial charge in [-0.05, 0) is 37.5 Å². The highest BCUT2D eigenvalue weighted by atomic mass is 16.1. The third-order valence-electron chi connectivity index (χ3n) is 3.60. The molecule has 0 saturated heterocycles. The van der Waals surface area contributed by atoms with E-state index in [0.29, 0.717) is 5.92 Å². The van der Waals surface area contributed by atoms with Crippen molar-refractivity contribution in [3.05, 3.63) is 12.7 Å². The average molecular weight is 180 g/mol. The lowest BCUT2D eigenvalue weighted by Gasteiger charge is -2.38. The highest BCUT2D eigenvalue weighted by Gasteiger charge is 2.36. The lowest BCUT2D eigenvalue weighted by Crippen LogP contribution is -2.32. The van der Waals surface area contributed by atoms with E-state index in [1.54, 1.807) is 0 Å². The second-order valence-corrected chi connectivity index (χ2v) is 4.67. The van der Waals surface area contributed by atoms with E-state index >= 15 is 0 Å². The normalized spacial score (nSPS) is 39.8. The monoisotopic (exact) mass is 180 g/mol. The summed E-state index contributed by atoms with van der Waals surface area (Å²) in [6.07, 6.45) is 7.19. The van der Waals surface area contributed by atoms with Crippen LogP contribution in [-0.2, 0) is 4.79 Å². The zero-order valence-corrected chi connectivity index (χ0v) is 8.75. The van der Waals surface area contributed by atoms with Crippen LogP contribution in [0.4, 0.5) is 0 Å². The summed E-state index contributed by atoms with van der Waals surface area (Å²) in [5, 5.41) is 0. The fourth-order valence-electron chi connectivity index (χ4n) is 2.37. The topological polar surface area (TPSA) is 17.1 Å². The van der Waals surface area contributed by atoms with E-state index in [4.69, 9.17) is 0 Å². The van der Waals surface area contributed by atoms with Gasteiger partial charge in [0, 0.05) is 5.41 Å². The van der Waals surface area contributed by atoms with Gasteiger partial charge in [0.2, 0.25) is 0 Å². The van der Waals surface area contributed by atoms with Crippen LogP contribution < -0.4 is 0 Å². The van der Waals surface area contributed by atoms with E-state index in [9.17, 15) is 4.79 Å². The summed E-state index contributed by atoms with van der Waals surface area (Å²) in [6.45, 7) is 8.27. The lowest BCUT2D eigenvalue weighted by molar-refractivity contribution is -0.119. The molecule has 1 aliphatic carbocycles. The van der Waals surface area contributed by atoms with E-state index in [2.05, 4.69) is 20.4 Å². The molecule has 0 N–H and O–H groups in total. The van der Waals surface area contributed by atoms with E-state index in [-0.39, 0.29) is 5.41 Å². The molecule has 0 aromatic heterocycles. The maximum Gasteiger partial charge on any atom is 0.126 e. The average Bonchev–Trinajstić information content (AvgIpc) is 2.12. The van der Waals surface area contributed by atoms with Crippen LogP contribution in [-0.4, -0.2) is 6.29 Å². The summed E-state index contributed by atoms with van der Waals surface area (Å²) in [6, 6.07) is 0. The molecule has 1 rings (SSSR count). The van der Waals surface area contributed by atoms with Gasteiger partial charge in [-0.25, -0.2) is 0 Å². The smallest absolute Gasteiger partial charge is 0.126 e. The first-order valence-corrected chi connectivity index (χ1v) is 5.21. The third-order valence-corrected chi connectivity index (χ3v) is 3.60. The van der Waals surface area contributed by atoms with E-state index < -0.39 is 0 Å². The molecule has 13 heavy (non-hydrogen) atoms. The van der Waals surface area contributed by atoms with Crippen molar-refractivity contribution < 1.29 is 4.79 Å². The molecule has 0 radical (unpaired) electrons. The first-order chi connectivity index (χ1) is 6.13. The van der Waals surface area contributed by atoms with Gasteiger partial charge in [-0.1, -0.05) is 19.9 Å². The first-order valence-electron chi connectivity index (χ1n) is 5.21. The van der Waals surface area contributed by atoms with Crippen molar-refractivity contribution in [1.29, 1.82) is 0 Å². The molecule has 0 heterocycles. The van der Waals surface area contributed by atoms with E-state index in [0.717, 1.165) is 31.5 Å². The molecule has 0 aromatic rings. The second-order valence-electron chi connectivity index (χ2n) is 4.67. The van der Waals surface area contributed by atoms with Gasteiger partial charge in [0.25, 0.3) is 0 Å². The molecule has 1 nitrogen and oxygen atoms in total. The Morgan fingerprint density at radius 1 is 1.46 bits per heavy atom. The third kappa shape index (κ3) is 2.20. The Hall–Kier alpha value is -0.590. The minimum absolute atomic E-state index is 0.0757. The highest BCUT2D eigenvalue weighted by Crippen LogP contribution is 2.43. The van der Waals surface area contributed by atoms with Crippen LogP contribution in [0.25, 0.3) is 0 Å². The molecule has 0 aromatic carbocycles. The first kappa shape index (κ1) is 10.5. The Balaban J connectivity index is 2.67. The number of hydrogen-bond donors (Lipinski definition) is 0. The van der Waals surface area contributed by atoms with Crippen molar-refractivity contribution in [3.8, 4) is 0 Å². The number of allylic oxidation sites excluding steroid dienone is 1. The molecule has 1 heteroatoms. The zero-order chi connectivity index (χ0) is 9.90. The van der Waals surface area contributed by atoms with Crippen LogP contribution >= 0.6 is 0 Å². The van der Waals surface area contributed by atoms with Gasteiger partial charge < -0.3 is 4.79 Å². The predicted molar refractivity (Wildman–Crippen MR) is 55.5 cm³/mol. The number of carbonyl (C=O) groups is 1. The Labute approximate surface area is 81.2 Å². The number of carbonyl (C=O) groups excluding carboxylic acids is 1. The van der Waals surface area contributed by atoms with Crippen LogP contribution in [0.5, 0.6) is 0 Å². The fraction of sp³-hybridized carbons (Fsp3) is 0.750. The van der Waals surface area contributed by atoms with Crippen molar-refractivity contribution in [2.24, 2.45) is 17.3 Å². The van der Waals surface area contributed by atoms with Crippen molar-refractivity contribution >= 4 is 6.29 Å². The molecular formula is C12H20O. The van der Waals surface area contributed by atoms with Gasteiger partial charge in [0.05, 0.1) is 0 Å². The lowest BCUT2D eigenvalue weighted by atomic mass is 9.65. The minimum atomic E-state index is -0.0757. The van der Waals surface area contributed by atoms with Gasteiger partial charge in [-0.2, -0.15) is 0 Å². The molecule has 0 bridgehead atoms.